The maximum Gasteiger partial charge on any atom is 0.245 e. The van der Waals surface area contributed by atoms with Crippen LogP contribution in [0.25, 0.3) is 0 Å². The van der Waals surface area contributed by atoms with E-state index in [1.54, 1.807) is 0 Å². The molecule has 4 heteroatoms. The average Bonchev–Trinajstić information content (AvgIpc) is 3.01. The lowest BCUT2D eigenvalue weighted by molar-refractivity contribution is -0.116. The standard InChI is InChI=1S/C15H21N3O/c1-2-18(10-5-3-4-6-10)11-7-8-12-13(9-11)17-15(19)14(12)16/h7-10,14H,2-6,16H2,1H3,(H,17,19). The van der Waals surface area contributed by atoms with E-state index in [9.17, 15) is 4.79 Å². The summed E-state index contributed by atoms with van der Waals surface area (Å²) in [6, 6.07) is 6.30. The Bertz CT molecular complexity index is 494. The number of anilines is 2. The molecule has 102 valence electrons. The molecule has 3 rings (SSSR count). The van der Waals surface area contributed by atoms with Gasteiger partial charge in [0.05, 0.1) is 0 Å². The molecule has 1 aromatic rings. The number of benzene rings is 1. The Labute approximate surface area is 114 Å². The van der Waals surface area contributed by atoms with Gasteiger partial charge in [0.1, 0.15) is 6.04 Å². The molecule has 1 amide bonds. The van der Waals surface area contributed by atoms with Gasteiger partial charge in [-0.2, -0.15) is 0 Å². The molecular weight excluding hydrogens is 238 g/mol. The van der Waals surface area contributed by atoms with Gasteiger partial charge in [-0.3, -0.25) is 4.79 Å². The first-order valence-electron chi connectivity index (χ1n) is 7.17. The number of hydrogen-bond acceptors (Lipinski definition) is 3. The SMILES string of the molecule is CCN(c1ccc2c(c1)NC(=O)C2N)C1CCCC1. The van der Waals surface area contributed by atoms with Gasteiger partial charge in [-0.05, 0) is 31.9 Å². The number of nitrogens with one attached hydrogen (secondary N) is 1. The van der Waals surface area contributed by atoms with Gasteiger partial charge in [-0.15, -0.1) is 0 Å². The summed E-state index contributed by atoms with van der Waals surface area (Å²) in [5, 5.41) is 2.87. The van der Waals surface area contributed by atoms with E-state index >= 15 is 0 Å². The van der Waals surface area contributed by atoms with Crippen LogP contribution >= 0.6 is 0 Å². The molecule has 1 aliphatic carbocycles. The second-order valence-electron chi connectivity index (χ2n) is 5.46. The van der Waals surface area contributed by atoms with Crippen molar-refractivity contribution in [1.29, 1.82) is 0 Å². The second kappa shape index (κ2) is 4.85. The van der Waals surface area contributed by atoms with Crippen molar-refractivity contribution >= 4 is 17.3 Å². The van der Waals surface area contributed by atoms with Crippen molar-refractivity contribution < 1.29 is 4.79 Å². The Hall–Kier alpha value is -1.55. The first-order valence-corrected chi connectivity index (χ1v) is 7.17. The van der Waals surface area contributed by atoms with Gasteiger partial charge in [0.15, 0.2) is 0 Å². The highest BCUT2D eigenvalue weighted by Crippen LogP contribution is 2.35. The molecule has 1 unspecified atom stereocenters. The van der Waals surface area contributed by atoms with E-state index in [0.717, 1.165) is 17.8 Å². The Balaban J connectivity index is 1.89. The fraction of sp³-hybridized carbons (Fsp3) is 0.533. The fourth-order valence-electron chi connectivity index (χ4n) is 3.32. The van der Waals surface area contributed by atoms with Crippen LogP contribution in [0.2, 0.25) is 0 Å². The average molecular weight is 259 g/mol. The summed E-state index contributed by atoms with van der Waals surface area (Å²) in [5.41, 5.74) is 8.84. The van der Waals surface area contributed by atoms with Gasteiger partial charge in [-0.25, -0.2) is 0 Å². The first-order chi connectivity index (χ1) is 9.20. The van der Waals surface area contributed by atoms with Gasteiger partial charge in [0.2, 0.25) is 5.91 Å². The summed E-state index contributed by atoms with van der Waals surface area (Å²) in [4.78, 5) is 14.0. The molecule has 3 N–H and O–H groups in total. The highest BCUT2D eigenvalue weighted by atomic mass is 16.2. The van der Waals surface area contributed by atoms with Crippen LogP contribution in [0.1, 0.15) is 44.2 Å². The smallest absolute Gasteiger partial charge is 0.245 e. The molecule has 19 heavy (non-hydrogen) atoms. The number of fused-ring (bicyclic) bond motifs is 1. The molecular formula is C15H21N3O. The fourth-order valence-corrected chi connectivity index (χ4v) is 3.32. The van der Waals surface area contributed by atoms with Crippen LogP contribution < -0.4 is 16.0 Å². The number of hydrogen-bond donors (Lipinski definition) is 2. The highest BCUT2D eigenvalue weighted by Gasteiger charge is 2.28. The van der Waals surface area contributed by atoms with E-state index in [2.05, 4.69) is 29.3 Å². The van der Waals surface area contributed by atoms with Gasteiger partial charge < -0.3 is 16.0 Å². The zero-order chi connectivity index (χ0) is 13.4. The van der Waals surface area contributed by atoms with Crippen LogP contribution in [0.3, 0.4) is 0 Å². The summed E-state index contributed by atoms with van der Waals surface area (Å²) in [7, 11) is 0. The summed E-state index contributed by atoms with van der Waals surface area (Å²) in [6.45, 7) is 3.19. The third-order valence-corrected chi connectivity index (χ3v) is 4.35. The van der Waals surface area contributed by atoms with Crippen molar-refractivity contribution in [1.82, 2.24) is 0 Å². The van der Waals surface area contributed by atoms with Crippen LogP contribution in [0, 0.1) is 0 Å². The number of carbonyl (C=O) groups is 1. The third kappa shape index (κ3) is 2.10. The quantitative estimate of drug-likeness (QED) is 0.876. The molecule has 2 aliphatic rings. The summed E-state index contributed by atoms with van der Waals surface area (Å²) >= 11 is 0. The minimum absolute atomic E-state index is 0.101. The Morgan fingerprint density at radius 1 is 1.37 bits per heavy atom. The van der Waals surface area contributed by atoms with E-state index in [4.69, 9.17) is 5.73 Å². The van der Waals surface area contributed by atoms with Gasteiger partial charge >= 0.3 is 0 Å². The molecule has 0 spiro atoms. The minimum Gasteiger partial charge on any atom is -0.369 e. The van der Waals surface area contributed by atoms with Crippen molar-refractivity contribution in [3.8, 4) is 0 Å². The summed E-state index contributed by atoms with van der Waals surface area (Å²) in [6.07, 6.45) is 5.20. The van der Waals surface area contributed by atoms with E-state index in [1.165, 1.54) is 31.4 Å². The normalized spacial score (nSPS) is 22.4. The van der Waals surface area contributed by atoms with Crippen molar-refractivity contribution in [2.24, 2.45) is 5.73 Å². The van der Waals surface area contributed by atoms with Crippen LogP contribution in [0.15, 0.2) is 18.2 Å². The summed E-state index contributed by atoms with van der Waals surface area (Å²) < 4.78 is 0. The predicted molar refractivity (Wildman–Crippen MR) is 77.3 cm³/mol. The van der Waals surface area contributed by atoms with E-state index in [-0.39, 0.29) is 5.91 Å². The third-order valence-electron chi connectivity index (χ3n) is 4.35. The molecule has 1 aromatic carbocycles. The van der Waals surface area contributed by atoms with Gasteiger partial charge in [-0.1, -0.05) is 18.9 Å². The lowest BCUT2D eigenvalue weighted by Gasteiger charge is -2.30. The number of nitrogens with zero attached hydrogens (tertiary/aromatic N) is 1. The van der Waals surface area contributed by atoms with Gasteiger partial charge in [0, 0.05) is 29.5 Å². The maximum absolute atomic E-state index is 11.6. The second-order valence-corrected chi connectivity index (χ2v) is 5.46. The molecule has 1 heterocycles. The molecule has 4 nitrogen and oxygen atoms in total. The Morgan fingerprint density at radius 3 is 2.79 bits per heavy atom. The van der Waals surface area contributed by atoms with E-state index in [1.807, 2.05) is 6.07 Å². The Morgan fingerprint density at radius 2 is 2.11 bits per heavy atom. The van der Waals surface area contributed by atoms with Crippen molar-refractivity contribution in [2.45, 2.75) is 44.7 Å². The highest BCUT2D eigenvalue weighted by molar-refractivity contribution is 6.02. The van der Waals surface area contributed by atoms with E-state index in [0.29, 0.717) is 6.04 Å². The van der Waals surface area contributed by atoms with Crippen LogP contribution in [-0.4, -0.2) is 18.5 Å². The molecule has 1 aliphatic heterocycles. The topological polar surface area (TPSA) is 58.4 Å². The Kier molecular flexibility index (Phi) is 3.19. The first kappa shape index (κ1) is 12.5. The van der Waals surface area contributed by atoms with Crippen LogP contribution in [-0.2, 0) is 4.79 Å². The number of nitrogens with two attached hydrogens (primary N) is 1. The predicted octanol–water partition coefficient (Wildman–Crippen LogP) is 2.41. The lowest BCUT2D eigenvalue weighted by Crippen LogP contribution is -2.32. The molecule has 1 fully saturated rings. The zero-order valence-electron chi connectivity index (χ0n) is 11.4. The largest absolute Gasteiger partial charge is 0.369 e. The molecule has 0 bridgehead atoms. The van der Waals surface area contributed by atoms with E-state index < -0.39 is 6.04 Å². The maximum atomic E-state index is 11.6. The minimum atomic E-state index is -0.509. The number of rotatable bonds is 3. The van der Waals surface area contributed by atoms with Crippen LogP contribution in [0.5, 0.6) is 0 Å². The summed E-state index contributed by atoms with van der Waals surface area (Å²) in [5.74, 6) is -0.101. The van der Waals surface area contributed by atoms with Crippen molar-refractivity contribution in [2.75, 3.05) is 16.8 Å². The van der Waals surface area contributed by atoms with Crippen molar-refractivity contribution in [3.63, 3.8) is 0 Å². The lowest BCUT2D eigenvalue weighted by atomic mass is 10.1. The van der Waals surface area contributed by atoms with Gasteiger partial charge in [0.25, 0.3) is 0 Å². The zero-order valence-corrected chi connectivity index (χ0v) is 11.4. The van der Waals surface area contributed by atoms with Crippen LogP contribution in [0.4, 0.5) is 11.4 Å². The number of amides is 1. The molecule has 1 saturated carbocycles. The molecule has 0 aromatic heterocycles. The molecule has 0 saturated heterocycles. The molecule has 1 atom stereocenters. The number of carbonyl (C=O) groups excluding carboxylic acids is 1. The molecule has 0 radical (unpaired) electrons. The van der Waals surface area contributed by atoms with Crippen molar-refractivity contribution in [3.05, 3.63) is 23.8 Å². The monoisotopic (exact) mass is 259 g/mol.